The van der Waals surface area contributed by atoms with E-state index in [1.807, 2.05) is 0 Å². The van der Waals surface area contributed by atoms with E-state index in [1.165, 1.54) is 12.1 Å². The van der Waals surface area contributed by atoms with Gasteiger partial charge in [-0.25, -0.2) is 5.43 Å². The molecule has 1 aromatic carbocycles. The van der Waals surface area contributed by atoms with E-state index in [0.717, 1.165) is 36.2 Å². The third-order valence-corrected chi connectivity index (χ3v) is 3.97. The Morgan fingerprint density at radius 1 is 1.37 bits per heavy atom. The maximum atomic E-state index is 12.8. The molecule has 1 aliphatic carbocycles. The van der Waals surface area contributed by atoms with Gasteiger partial charge in [0.1, 0.15) is 6.54 Å². The van der Waals surface area contributed by atoms with Crippen LogP contribution >= 0.6 is 0 Å². The first-order valence-electron chi connectivity index (χ1n) is 8.34. The highest BCUT2D eigenvalue weighted by atomic mass is 19.4. The fraction of sp³-hybridized carbons (Fsp3) is 0.353. The monoisotopic (exact) mass is 378 g/mol. The molecule has 27 heavy (non-hydrogen) atoms. The van der Waals surface area contributed by atoms with Crippen LogP contribution in [0.2, 0.25) is 0 Å². The number of alkyl halides is 3. The number of amides is 1. The quantitative estimate of drug-likeness (QED) is 0.493. The number of carbonyl (C=O) groups excluding carboxylic acids is 1. The Morgan fingerprint density at radius 2 is 2.22 bits per heavy atom. The molecule has 0 unspecified atom stereocenters. The van der Waals surface area contributed by atoms with Gasteiger partial charge in [-0.2, -0.15) is 23.1 Å². The summed E-state index contributed by atoms with van der Waals surface area (Å²) in [5, 5.41) is 15.3. The number of benzene rings is 1. The standard InChI is InChI=1S/C17H17F3N6O/c18-17(19,20)14-8-4-7-13(9-14)16-23-25-26(24-16)11-15(27)22-21-10-12-5-2-1-3-6-12/h1-2,4,7-10,12H,3,5-6,11H2,(H,22,27)/b21-10-/t12-/m1/s1. The summed E-state index contributed by atoms with van der Waals surface area (Å²) in [5.74, 6) is -0.149. The van der Waals surface area contributed by atoms with Gasteiger partial charge in [-0.3, -0.25) is 4.79 Å². The molecule has 0 fully saturated rings. The Labute approximate surface area is 152 Å². The summed E-state index contributed by atoms with van der Waals surface area (Å²) in [4.78, 5) is 12.9. The minimum absolute atomic E-state index is 0.00592. The minimum atomic E-state index is -4.46. The Kier molecular flexibility index (Phi) is 5.63. The molecule has 0 saturated heterocycles. The van der Waals surface area contributed by atoms with Crippen LogP contribution in [0.4, 0.5) is 13.2 Å². The molecule has 2 aromatic rings. The molecule has 10 heteroatoms. The van der Waals surface area contributed by atoms with E-state index in [2.05, 4.69) is 38.1 Å². The molecule has 7 nitrogen and oxygen atoms in total. The normalized spacial score (nSPS) is 17.4. The second-order valence-electron chi connectivity index (χ2n) is 6.08. The van der Waals surface area contributed by atoms with Gasteiger partial charge in [0, 0.05) is 11.8 Å². The fourth-order valence-corrected chi connectivity index (χ4v) is 2.59. The van der Waals surface area contributed by atoms with Crippen LogP contribution in [0.5, 0.6) is 0 Å². The summed E-state index contributed by atoms with van der Waals surface area (Å²) in [5.41, 5.74) is 1.75. The van der Waals surface area contributed by atoms with E-state index in [-0.39, 0.29) is 17.9 Å². The molecule has 0 spiro atoms. The third kappa shape index (κ3) is 5.22. The molecular formula is C17H17F3N6O. The number of hydrogen-bond donors (Lipinski definition) is 1. The highest BCUT2D eigenvalue weighted by molar-refractivity contribution is 5.76. The van der Waals surface area contributed by atoms with Crippen LogP contribution in [0.15, 0.2) is 41.5 Å². The van der Waals surface area contributed by atoms with E-state index in [0.29, 0.717) is 5.92 Å². The molecule has 1 amide bonds. The first-order valence-corrected chi connectivity index (χ1v) is 8.34. The first kappa shape index (κ1) is 18.7. The second-order valence-corrected chi connectivity index (χ2v) is 6.08. The first-order chi connectivity index (χ1) is 12.9. The molecule has 1 heterocycles. The number of nitrogens with one attached hydrogen (secondary N) is 1. The molecule has 1 aromatic heterocycles. The van der Waals surface area contributed by atoms with E-state index >= 15 is 0 Å². The molecule has 3 rings (SSSR count). The summed E-state index contributed by atoms with van der Waals surface area (Å²) < 4.78 is 38.3. The van der Waals surface area contributed by atoms with Crippen molar-refractivity contribution in [1.82, 2.24) is 25.6 Å². The van der Waals surface area contributed by atoms with Gasteiger partial charge in [0.2, 0.25) is 5.82 Å². The lowest BCUT2D eigenvalue weighted by Gasteiger charge is -2.11. The highest BCUT2D eigenvalue weighted by Gasteiger charge is 2.30. The zero-order chi connectivity index (χ0) is 19.3. The topological polar surface area (TPSA) is 85.1 Å². The molecule has 0 bridgehead atoms. The smallest absolute Gasteiger partial charge is 0.271 e. The highest BCUT2D eigenvalue weighted by Crippen LogP contribution is 2.31. The molecule has 1 atom stereocenters. The average molecular weight is 378 g/mol. The van der Waals surface area contributed by atoms with Crippen molar-refractivity contribution in [2.75, 3.05) is 0 Å². The van der Waals surface area contributed by atoms with Crippen LogP contribution in [0.25, 0.3) is 11.4 Å². The van der Waals surface area contributed by atoms with Crippen LogP contribution < -0.4 is 5.43 Å². The van der Waals surface area contributed by atoms with Gasteiger partial charge in [0.15, 0.2) is 0 Å². The zero-order valence-corrected chi connectivity index (χ0v) is 14.2. The predicted molar refractivity (Wildman–Crippen MR) is 91.4 cm³/mol. The van der Waals surface area contributed by atoms with Gasteiger partial charge in [0.05, 0.1) is 5.56 Å². The van der Waals surface area contributed by atoms with Gasteiger partial charge in [-0.15, -0.1) is 10.2 Å². The average Bonchev–Trinajstić information content (AvgIpc) is 3.10. The number of aromatic nitrogens is 4. The third-order valence-electron chi connectivity index (χ3n) is 3.97. The lowest BCUT2D eigenvalue weighted by Crippen LogP contribution is -2.25. The SMILES string of the molecule is O=C(Cn1nnc(-c2cccc(C(F)(F)F)c2)n1)N/N=C\[C@@H]1CC=CCC1. The van der Waals surface area contributed by atoms with E-state index < -0.39 is 17.6 Å². The fourth-order valence-electron chi connectivity index (χ4n) is 2.59. The van der Waals surface area contributed by atoms with Gasteiger partial charge in [-0.1, -0.05) is 24.3 Å². The van der Waals surface area contributed by atoms with Crippen LogP contribution in [0.1, 0.15) is 24.8 Å². The summed E-state index contributed by atoms with van der Waals surface area (Å²) >= 11 is 0. The van der Waals surface area contributed by atoms with Crippen molar-refractivity contribution in [2.24, 2.45) is 11.0 Å². The van der Waals surface area contributed by atoms with Gasteiger partial charge in [0.25, 0.3) is 5.91 Å². The molecule has 0 saturated carbocycles. The van der Waals surface area contributed by atoms with Crippen LogP contribution in [0, 0.1) is 5.92 Å². The zero-order valence-electron chi connectivity index (χ0n) is 14.2. The van der Waals surface area contributed by atoms with Crippen molar-refractivity contribution >= 4 is 12.1 Å². The molecule has 1 aliphatic rings. The van der Waals surface area contributed by atoms with Crippen LogP contribution in [-0.2, 0) is 17.5 Å². The molecule has 1 N–H and O–H groups in total. The predicted octanol–water partition coefficient (Wildman–Crippen LogP) is 2.82. The van der Waals surface area contributed by atoms with Gasteiger partial charge >= 0.3 is 6.18 Å². The molecule has 0 aliphatic heterocycles. The number of carbonyl (C=O) groups is 1. The number of allylic oxidation sites excluding steroid dienone is 2. The lowest BCUT2D eigenvalue weighted by molar-refractivity contribution is -0.137. The number of halogens is 3. The van der Waals surface area contributed by atoms with Crippen molar-refractivity contribution in [3.05, 3.63) is 42.0 Å². The van der Waals surface area contributed by atoms with Crippen LogP contribution in [-0.4, -0.2) is 32.3 Å². The van der Waals surface area contributed by atoms with Crippen molar-refractivity contribution in [3.63, 3.8) is 0 Å². The van der Waals surface area contributed by atoms with Crippen molar-refractivity contribution in [3.8, 4) is 11.4 Å². The second kappa shape index (κ2) is 8.11. The summed E-state index contributed by atoms with van der Waals surface area (Å²) in [6, 6.07) is 4.60. The largest absolute Gasteiger partial charge is 0.416 e. The number of nitrogens with zero attached hydrogens (tertiary/aromatic N) is 5. The summed E-state index contributed by atoms with van der Waals surface area (Å²) in [6.45, 7) is -0.242. The molecule has 0 radical (unpaired) electrons. The Hall–Kier alpha value is -3.04. The summed E-state index contributed by atoms with van der Waals surface area (Å²) in [6.07, 6.45) is 4.30. The van der Waals surface area contributed by atoms with Crippen molar-refractivity contribution < 1.29 is 18.0 Å². The van der Waals surface area contributed by atoms with Gasteiger partial charge in [-0.05, 0) is 42.5 Å². The lowest BCUT2D eigenvalue weighted by atomic mass is 9.96. The van der Waals surface area contributed by atoms with Gasteiger partial charge < -0.3 is 0 Å². The minimum Gasteiger partial charge on any atom is -0.271 e. The van der Waals surface area contributed by atoms with Crippen LogP contribution in [0.3, 0.4) is 0 Å². The van der Waals surface area contributed by atoms with Crippen molar-refractivity contribution in [2.45, 2.75) is 32.0 Å². The Balaban J connectivity index is 1.58. The molecular weight excluding hydrogens is 361 g/mol. The number of tetrazole rings is 1. The number of hydrogen-bond acceptors (Lipinski definition) is 5. The number of hydrazone groups is 1. The summed E-state index contributed by atoms with van der Waals surface area (Å²) in [7, 11) is 0. The maximum absolute atomic E-state index is 12.8. The van der Waals surface area contributed by atoms with Crippen molar-refractivity contribution in [1.29, 1.82) is 0 Å². The Morgan fingerprint density at radius 3 is 2.96 bits per heavy atom. The van der Waals surface area contributed by atoms with E-state index in [9.17, 15) is 18.0 Å². The molecule has 142 valence electrons. The Bertz CT molecular complexity index is 858. The van der Waals surface area contributed by atoms with E-state index in [1.54, 1.807) is 6.21 Å². The van der Waals surface area contributed by atoms with E-state index in [4.69, 9.17) is 0 Å². The number of rotatable bonds is 5. The maximum Gasteiger partial charge on any atom is 0.416 e.